The van der Waals surface area contributed by atoms with Gasteiger partial charge in [-0.3, -0.25) is 14.1 Å². The van der Waals surface area contributed by atoms with Crippen LogP contribution in [0.15, 0.2) is 0 Å². The van der Waals surface area contributed by atoms with Crippen molar-refractivity contribution in [2.24, 2.45) is 16.7 Å². The maximum atomic E-state index is 13.1. The predicted octanol–water partition coefficient (Wildman–Crippen LogP) is 1.73. The van der Waals surface area contributed by atoms with Crippen molar-refractivity contribution < 1.29 is 52.5 Å². The van der Waals surface area contributed by atoms with E-state index in [9.17, 15) is 29.5 Å². The minimum Gasteiger partial charge on any atom is -0.437 e. The highest BCUT2D eigenvalue weighted by Crippen LogP contribution is 2.52. The van der Waals surface area contributed by atoms with Crippen molar-refractivity contribution in [3.63, 3.8) is 0 Å². The molecule has 3 N–H and O–H groups in total. The van der Waals surface area contributed by atoms with Crippen molar-refractivity contribution in [3.8, 4) is 0 Å². The number of aliphatic hydroxyl groups excluding tert-OH is 3. The average Bonchev–Trinajstić information content (AvgIpc) is 2.62. The van der Waals surface area contributed by atoms with E-state index < -0.39 is 74.5 Å². The van der Waals surface area contributed by atoms with Crippen molar-refractivity contribution in [1.82, 2.24) is 0 Å². The third-order valence-electron chi connectivity index (χ3n) is 4.56. The smallest absolute Gasteiger partial charge is 0.437 e. The van der Waals surface area contributed by atoms with E-state index in [1.54, 1.807) is 48.5 Å². The van der Waals surface area contributed by atoms with Crippen LogP contribution < -0.4 is 0 Å². The number of aliphatic hydroxyl groups is 3. The number of phosphoric acid groups is 1. The van der Waals surface area contributed by atoms with Crippen LogP contribution in [0, 0.1) is 16.7 Å². The quantitative estimate of drug-likeness (QED) is 0.269. The molecule has 31 heavy (non-hydrogen) atoms. The van der Waals surface area contributed by atoms with Gasteiger partial charge in [-0.2, -0.15) is 0 Å². The first-order valence-corrected chi connectivity index (χ1v) is 11.4. The second-order valence-electron chi connectivity index (χ2n) is 9.63. The van der Waals surface area contributed by atoms with Crippen LogP contribution >= 0.6 is 7.82 Å². The van der Waals surface area contributed by atoms with E-state index in [2.05, 4.69) is 0 Å². The molecular formula is C19H35O11P. The number of phosphoric ester groups is 1. The number of hydrogen-bond donors (Lipinski definition) is 3. The molecule has 1 rings (SSSR count). The molecular weight excluding hydrogens is 435 g/mol. The van der Waals surface area contributed by atoms with Crippen LogP contribution in [0.1, 0.15) is 54.9 Å². The topological polar surface area (TPSA) is 158 Å². The summed E-state index contributed by atoms with van der Waals surface area (Å²) in [5, 5.41) is 30.0. The maximum absolute atomic E-state index is 13.1. The van der Waals surface area contributed by atoms with Crippen molar-refractivity contribution in [3.05, 3.63) is 0 Å². The van der Waals surface area contributed by atoms with Crippen molar-refractivity contribution in [1.29, 1.82) is 0 Å². The summed E-state index contributed by atoms with van der Waals surface area (Å²) in [6.07, 6.45) is -5.52. The standard InChI is InChI=1S/C19H35O11P/c1-11-8-12(14(21)15(22)13(11)20)30-31(25,28-9-26-16(23)18(2,3)4)29-10-27-17(24)19(5,6)7/h11-15,20-22H,8-10H2,1-7H3/t11-,12+,13-,14-,15?/m1/s1. The number of carbonyl (C=O) groups is 2. The Hall–Kier alpha value is -1.07. The summed E-state index contributed by atoms with van der Waals surface area (Å²) in [6.45, 7) is 9.70. The number of rotatable bonds is 8. The molecule has 1 saturated carbocycles. The Morgan fingerprint density at radius 1 is 0.839 bits per heavy atom. The van der Waals surface area contributed by atoms with Gasteiger partial charge in [-0.25, -0.2) is 13.6 Å². The lowest BCUT2D eigenvalue weighted by molar-refractivity contribution is -0.169. The van der Waals surface area contributed by atoms with Crippen molar-refractivity contribution in [2.75, 3.05) is 13.6 Å². The summed E-state index contributed by atoms with van der Waals surface area (Å²) in [6, 6.07) is 0. The number of esters is 2. The van der Waals surface area contributed by atoms with Gasteiger partial charge in [-0.05, 0) is 53.9 Å². The Kier molecular flexibility index (Phi) is 9.65. The minimum atomic E-state index is -4.52. The van der Waals surface area contributed by atoms with Gasteiger partial charge in [0.05, 0.1) is 23.0 Å². The van der Waals surface area contributed by atoms with E-state index in [1.807, 2.05) is 0 Å². The van der Waals surface area contributed by atoms with E-state index >= 15 is 0 Å². The fraction of sp³-hybridized carbons (Fsp3) is 0.895. The maximum Gasteiger partial charge on any atom is 0.481 e. The molecule has 5 atom stereocenters. The highest BCUT2D eigenvalue weighted by Gasteiger charge is 2.45. The molecule has 1 unspecified atom stereocenters. The van der Waals surface area contributed by atoms with Crippen LogP contribution in [0.5, 0.6) is 0 Å². The fourth-order valence-corrected chi connectivity index (χ4v) is 3.60. The summed E-state index contributed by atoms with van der Waals surface area (Å²) in [5.74, 6) is -1.76. The molecule has 1 aliphatic rings. The molecule has 0 amide bonds. The van der Waals surface area contributed by atoms with Gasteiger partial charge in [-0.1, -0.05) is 6.92 Å². The molecule has 0 aromatic rings. The third-order valence-corrected chi connectivity index (χ3v) is 5.93. The second kappa shape index (κ2) is 10.7. The van der Waals surface area contributed by atoms with E-state index in [1.165, 1.54) is 0 Å². The van der Waals surface area contributed by atoms with E-state index in [0.29, 0.717) is 0 Å². The van der Waals surface area contributed by atoms with Crippen LogP contribution in [0.4, 0.5) is 0 Å². The zero-order valence-corrected chi connectivity index (χ0v) is 20.0. The zero-order chi connectivity index (χ0) is 24.2. The molecule has 0 radical (unpaired) electrons. The summed E-state index contributed by atoms with van der Waals surface area (Å²) in [7, 11) is -4.52. The summed E-state index contributed by atoms with van der Waals surface area (Å²) in [5.41, 5.74) is -1.68. The minimum absolute atomic E-state index is 0.0274. The Bertz CT molecular complexity index is 631. The average molecular weight is 470 g/mol. The number of ether oxygens (including phenoxy) is 2. The third kappa shape index (κ3) is 8.42. The van der Waals surface area contributed by atoms with Gasteiger partial charge in [-0.15, -0.1) is 0 Å². The summed E-state index contributed by atoms with van der Waals surface area (Å²) in [4.78, 5) is 23.8. The molecule has 182 valence electrons. The van der Waals surface area contributed by atoms with Crippen LogP contribution in [-0.2, 0) is 37.2 Å². The van der Waals surface area contributed by atoms with Gasteiger partial charge in [0, 0.05) is 0 Å². The molecule has 1 fully saturated rings. The largest absolute Gasteiger partial charge is 0.481 e. The molecule has 0 heterocycles. The Morgan fingerprint density at radius 2 is 1.26 bits per heavy atom. The Labute approximate surface area is 182 Å². The molecule has 0 spiro atoms. The predicted molar refractivity (Wildman–Crippen MR) is 107 cm³/mol. The van der Waals surface area contributed by atoms with Crippen LogP contribution in [0.3, 0.4) is 0 Å². The first-order chi connectivity index (χ1) is 14.0. The van der Waals surface area contributed by atoms with Crippen molar-refractivity contribution in [2.45, 2.75) is 79.3 Å². The van der Waals surface area contributed by atoms with Crippen LogP contribution in [-0.4, -0.2) is 65.3 Å². The molecule has 0 aromatic heterocycles. The SMILES string of the molecule is C[C@@H]1C[C@H](OP(=O)(OCOC(=O)C(C)(C)C)OCOC(=O)C(C)(C)C)[C@@H](O)C(O)[C@@H]1O. The number of carbonyl (C=O) groups excluding carboxylic acids is 2. The van der Waals surface area contributed by atoms with Crippen LogP contribution in [0.2, 0.25) is 0 Å². The molecule has 0 aliphatic heterocycles. The first kappa shape index (κ1) is 28.0. The van der Waals surface area contributed by atoms with E-state index in [-0.39, 0.29) is 6.42 Å². The van der Waals surface area contributed by atoms with Gasteiger partial charge in [0.2, 0.25) is 13.6 Å². The highest BCUT2D eigenvalue weighted by molar-refractivity contribution is 7.48. The fourth-order valence-electron chi connectivity index (χ4n) is 2.50. The van der Waals surface area contributed by atoms with Crippen molar-refractivity contribution >= 4 is 19.8 Å². The second-order valence-corrected chi connectivity index (χ2v) is 11.3. The summed E-state index contributed by atoms with van der Waals surface area (Å²) < 4.78 is 38.3. The lowest BCUT2D eigenvalue weighted by atomic mass is 9.82. The van der Waals surface area contributed by atoms with Gasteiger partial charge in [0.25, 0.3) is 0 Å². The van der Waals surface area contributed by atoms with Gasteiger partial charge >= 0.3 is 19.8 Å². The monoisotopic (exact) mass is 470 g/mol. The van der Waals surface area contributed by atoms with Gasteiger partial charge < -0.3 is 24.8 Å². The summed E-state index contributed by atoms with van der Waals surface area (Å²) >= 11 is 0. The molecule has 0 aromatic carbocycles. The highest BCUT2D eigenvalue weighted by atomic mass is 31.2. The van der Waals surface area contributed by atoms with E-state index in [4.69, 9.17) is 23.0 Å². The zero-order valence-electron chi connectivity index (χ0n) is 19.1. The first-order valence-electron chi connectivity index (χ1n) is 9.94. The van der Waals surface area contributed by atoms with Gasteiger partial charge in [0.1, 0.15) is 12.2 Å². The van der Waals surface area contributed by atoms with Gasteiger partial charge in [0.15, 0.2) is 0 Å². The van der Waals surface area contributed by atoms with Crippen LogP contribution in [0.25, 0.3) is 0 Å². The Morgan fingerprint density at radius 3 is 1.65 bits per heavy atom. The number of hydrogen-bond acceptors (Lipinski definition) is 11. The normalized spacial score (nSPS) is 27.6. The molecule has 11 nitrogen and oxygen atoms in total. The molecule has 0 bridgehead atoms. The Balaban J connectivity index is 2.87. The molecule has 12 heteroatoms. The lowest BCUT2D eigenvalue weighted by Gasteiger charge is -2.39. The molecule has 0 saturated heterocycles. The van der Waals surface area contributed by atoms with E-state index in [0.717, 1.165) is 0 Å². The molecule has 1 aliphatic carbocycles. The lowest BCUT2D eigenvalue weighted by Crippen LogP contribution is -2.53.